The van der Waals surface area contributed by atoms with E-state index < -0.39 is 12.6 Å². The molecular weight excluding hydrogens is 302 g/mol. The van der Waals surface area contributed by atoms with Gasteiger partial charge < -0.3 is 14.6 Å². The van der Waals surface area contributed by atoms with Crippen LogP contribution in [0.4, 0.5) is 8.78 Å². The van der Waals surface area contributed by atoms with Gasteiger partial charge in [-0.2, -0.15) is 8.78 Å². The number of rotatable bonds is 5. The fraction of sp³-hybridized carbons (Fsp3) is 0.300. The Bertz CT molecular complexity index is 423. The molecular formula is C10H9BrF2O4. The SMILES string of the molecule is CCOc1cc(C(=O)O)cc(Br)c1OC(F)F. The van der Waals surface area contributed by atoms with Crippen molar-refractivity contribution in [3.05, 3.63) is 22.2 Å². The lowest BCUT2D eigenvalue weighted by Crippen LogP contribution is -2.07. The molecule has 0 unspecified atom stereocenters. The molecule has 1 aromatic carbocycles. The zero-order chi connectivity index (χ0) is 13.0. The van der Waals surface area contributed by atoms with Crippen molar-refractivity contribution in [2.75, 3.05) is 6.61 Å². The maximum Gasteiger partial charge on any atom is 0.387 e. The third kappa shape index (κ3) is 3.55. The van der Waals surface area contributed by atoms with E-state index in [1.54, 1.807) is 6.92 Å². The molecule has 0 atom stereocenters. The monoisotopic (exact) mass is 310 g/mol. The Hall–Kier alpha value is -1.37. The number of ether oxygens (including phenoxy) is 2. The molecule has 0 amide bonds. The molecule has 0 spiro atoms. The van der Waals surface area contributed by atoms with Crippen LogP contribution in [0.25, 0.3) is 0 Å². The molecule has 0 saturated carbocycles. The summed E-state index contributed by atoms with van der Waals surface area (Å²) in [5.41, 5.74) is -0.0815. The summed E-state index contributed by atoms with van der Waals surface area (Å²) in [5.74, 6) is -1.44. The smallest absolute Gasteiger partial charge is 0.387 e. The lowest BCUT2D eigenvalue weighted by atomic mass is 10.2. The van der Waals surface area contributed by atoms with E-state index in [2.05, 4.69) is 20.7 Å². The first-order chi connectivity index (χ1) is 7.95. The second kappa shape index (κ2) is 5.81. The Morgan fingerprint density at radius 1 is 1.53 bits per heavy atom. The van der Waals surface area contributed by atoms with E-state index in [4.69, 9.17) is 9.84 Å². The van der Waals surface area contributed by atoms with Gasteiger partial charge in [-0.25, -0.2) is 4.79 Å². The molecule has 0 radical (unpaired) electrons. The minimum atomic E-state index is -3.01. The summed E-state index contributed by atoms with van der Waals surface area (Å²) in [5, 5.41) is 8.81. The van der Waals surface area contributed by atoms with E-state index >= 15 is 0 Å². The number of hydrogen-bond donors (Lipinski definition) is 1. The van der Waals surface area contributed by atoms with Gasteiger partial charge in [0, 0.05) is 0 Å². The van der Waals surface area contributed by atoms with Crippen LogP contribution in [0.3, 0.4) is 0 Å². The minimum absolute atomic E-state index is 0.0421. The molecule has 94 valence electrons. The van der Waals surface area contributed by atoms with Crippen molar-refractivity contribution in [2.24, 2.45) is 0 Å². The van der Waals surface area contributed by atoms with Gasteiger partial charge in [-0.05, 0) is 35.0 Å². The minimum Gasteiger partial charge on any atom is -0.490 e. The molecule has 0 bridgehead atoms. The van der Waals surface area contributed by atoms with Crippen molar-refractivity contribution in [1.29, 1.82) is 0 Å². The van der Waals surface area contributed by atoms with E-state index in [-0.39, 0.29) is 28.1 Å². The van der Waals surface area contributed by atoms with Crippen LogP contribution < -0.4 is 9.47 Å². The second-order valence-electron chi connectivity index (χ2n) is 2.90. The van der Waals surface area contributed by atoms with E-state index in [0.717, 1.165) is 6.07 Å². The van der Waals surface area contributed by atoms with Crippen LogP contribution in [0.2, 0.25) is 0 Å². The third-order valence-corrected chi connectivity index (χ3v) is 2.35. The molecule has 0 saturated heterocycles. The molecule has 0 aliphatic rings. The first kappa shape index (κ1) is 13.7. The van der Waals surface area contributed by atoms with Gasteiger partial charge in [-0.1, -0.05) is 0 Å². The molecule has 17 heavy (non-hydrogen) atoms. The molecule has 0 aromatic heterocycles. The number of carbonyl (C=O) groups is 1. The molecule has 1 aromatic rings. The zero-order valence-corrected chi connectivity index (χ0v) is 10.3. The van der Waals surface area contributed by atoms with Gasteiger partial charge in [-0.3, -0.25) is 0 Å². The van der Waals surface area contributed by atoms with Crippen LogP contribution in [0.1, 0.15) is 17.3 Å². The number of aromatic carboxylic acids is 1. The molecule has 0 fully saturated rings. The standard InChI is InChI=1S/C10H9BrF2O4/c1-2-16-7-4-5(9(14)15)3-6(11)8(7)17-10(12)13/h3-4,10H,2H2,1H3,(H,14,15). The van der Waals surface area contributed by atoms with Crippen LogP contribution in [-0.4, -0.2) is 24.3 Å². The van der Waals surface area contributed by atoms with Gasteiger partial charge in [0.25, 0.3) is 0 Å². The Morgan fingerprint density at radius 2 is 2.18 bits per heavy atom. The Labute approximate surface area is 104 Å². The summed E-state index contributed by atoms with van der Waals surface area (Å²) in [6.07, 6.45) is 0. The van der Waals surface area contributed by atoms with Gasteiger partial charge in [0.2, 0.25) is 0 Å². The van der Waals surface area contributed by atoms with E-state index in [9.17, 15) is 13.6 Å². The summed E-state index contributed by atoms with van der Waals surface area (Å²) < 4.78 is 33.8. The van der Waals surface area contributed by atoms with Gasteiger partial charge in [0.1, 0.15) is 0 Å². The van der Waals surface area contributed by atoms with Gasteiger partial charge in [-0.15, -0.1) is 0 Å². The predicted molar refractivity (Wildman–Crippen MR) is 58.9 cm³/mol. The van der Waals surface area contributed by atoms with Gasteiger partial charge >= 0.3 is 12.6 Å². The summed E-state index contributed by atoms with van der Waals surface area (Å²) in [6.45, 7) is -1.16. The highest BCUT2D eigenvalue weighted by Gasteiger charge is 2.18. The van der Waals surface area contributed by atoms with Crippen LogP contribution in [0.15, 0.2) is 16.6 Å². The molecule has 1 N–H and O–H groups in total. The topological polar surface area (TPSA) is 55.8 Å². The second-order valence-corrected chi connectivity index (χ2v) is 3.76. The maximum absolute atomic E-state index is 12.2. The van der Waals surface area contributed by atoms with Crippen molar-refractivity contribution >= 4 is 21.9 Å². The highest BCUT2D eigenvalue weighted by Crippen LogP contribution is 2.37. The third-order valence-electron chi connectivity index (χ3n) is 1.76. The Kier molecular flexibility index (Phi) is 4.68. The first-order valence-electron chi connectivity index (χ1n) is 4.60. The number of benzene rings is 1. The quantitative estimate of drug-likeness (QED) is 0.907. The van der Waals surface area contributed by atoms with Gasteiger partial charge in [0.15, 0.2) is 11.5 Å². The zero-order valence-electron chi connectivity index (χ0n) is 8.75. The fourth-order valence-electron chi connectivity index (χ4n) is 1.16. The highest BCUT2D eigenvalue weighted by atomic mass is 79.9. The lowest BCUT2D eigenvalue weighted by Gasteiger charge is -2.13. The average Bonchev–Trinajstić information content (AvgIpc) is 2.22. The van der Waals surface area contributed by atoms with Crippen molar-refractivity contribution in [3.8, 4) is 11.5 Å². The molecule has 4 nitrogen and oxygen atoms in total. The summed E-state index contributed by atoms with van der Waals surface area (Å²) >= 11 is 2.96. The van der Waals surface area contributed by atoms with E-state index in [1.807, 2.05) is 0 Å². The predicted octanol–water partition coefficient (Wildman–Crippen LogP) is 3.15. The Balaban J connectivity index is 3.22. The van der Waals surface area contributed by atoms with Crippen LogP contribution in [0.5, 0.6) is 11.5 Å². The number of halogens is 3. The van der Waals surface area contributed by atoms with E-state index in [1.165, 1.54) is 6.07 Å². The first-order valence-corrected chi connectivity index (χ1v) is 5.39. The largest absolute Gasteiger partial charge is 0.490 e. The normalized spacial score (nSPS) is 10.4. The summed E-state index contributed by atoms with van der Waals surface area (Å²) in [7, 11) is 0. The maximum atomic E-state index is 12.2. The molecule has 1 rings (SSSR count). The molecule has 0 heterocycles. The van der Waals surface area contributed by atoms with Crippen molar-refractivity contribution in [1.82, 2.24) is 0 Å². The number of carboxylic acid groups (broad SMARTS) is 1. The van der Waals surface area contributed by atoms with Crippen molar-refractivity contribution in [2.45, 2.75) is 13.5 Å². The molecule has 7 heteroatoms. The molecule has 0 aliphatic carbocycles. The average molecular weight is 311 g/mol. The number of hydrogen-bond acceptors (Lipinski definition) is 3. The Morgan fingerprint density at radius 3 is 2.65 bits per heavy atom. The highest BCUT2D eigenvalue weighted by molar-refractivity contribution is 9.10. The van der Waals surface area contributed by atoms with Crippen LogP contribution in [-0.2, 0) is 0 Å². The van der Waals surface area contributed by atoms with Gasteiger partial charge in [0.05, 0.1) is 16.6 Å². The number of alkyl halides is 2. The summed E-state index contributed by atoms with van der Waals surface area (Å²) in [4.78, 5) is 10.8. The van der Waals surface area contributed by atoms with Crippen molar-refractivity contribution < 1.29 is 28.2 Å². The number of carboxylic acids is 1. The lowest BCUT2D eigenvalue weighted by molar-refractivity contribution is -0.0519. The summed E-state index contributed by atoms with van der Waals surface area (Å²) in [6, 6.07) is 2.30. The fourth-order valence-corrected chi connectivity index (χ4v) is 1.69. The van der Waals surface area contributed by atoms with E-state index in [0.29, 0.717) is 0 Å². The van der Waals surface area contributed by atoms with Crippen LogP contribution >= 0.6 is 15.9 Å². The van der Waals surface area contributed by atoms with Crippen LogP contribution in [0, 0.1) is 0 Å². The molecule has 0 aliphatic heterocycles. The van der Waals surface area contributed by atoms with Crippen molar-refractivity contribution in [3.63, 3.8) is 0 Å².